The van der Waals surface area contributed by atoms with Crippen molar-refractivity contribution in [2.75, 3.05) is 13.2 Å². The van der Waals surface area contributed by atoms with Crippen LogP contribution in [0.15, 0.2) is 28.7 Å². The molecule has 1 aromatic rings. The molecular formula is C15H23BrO2. The van der Waals surface area contributed by atoms with Crippen molar-refractivity contribution >= 4 is 15.9 Å². The smallest absolute Gasteiger partial charge is 0.0550 e. The van der Waals surface area contributed by atoms with Gasteiger partial charge >= 0.3 is 0 Å². The average molecular weight is 315 g/mol. The van der Waals surface area contributed by atoms with Crippen LogP contribution in [-0.2, 0) is 5.41 Å². The van der Waals surface area contributed by atoms with Crippen LogP contribution in [0.2, 0.25) is 0 Å². The number of benzene rings is 1. The second-order valence-electron chi connectivity index (χ2n) is 5.17. The standard InChI is InChI=1S/C15H23BrO2/c1-3-6-12(2)9-15(10-17,11-18)13-7-4-5-8-14(13)16/h4-5,7-8,12,17-18H,3,6,9-11H2,1-2H3. The van der Waals surface area contributed by atoms with E-state index in [2.05, 4.69) is 29.8 Å². The third-order valence-corrected chi connectivity index (χ3v) is 4.26. The van der Waals surface area contributed by atoms with Crippen molar-refractivity contribution in [2.45, 2.75) is 38.5 Å². The fourth-order valence-electron chi connectivity index (χ4n) is 2.61. The minimum absolute atomic E-state index is 0.0276. The predicted octanol–water partition coefficient (Wildman–Crippen LogP) is 3.50. The molecule has 0 aliphatic heterocycles. The molecule has 0 bridgehead atoms. The summed E-state index contributed by atoms with van der Waals surface area (Å²) in [5.74, 6) is 0.487. The Kier molecular flexibility index (Phi) is 6.33. The minimum Gasteiger partial charge on any atom is -0.395 e. The zero-order valence-corrected chi connectivity index (χ0v) is 12.8. The summed E-state index contributed by atoms with van der Waals surface area (Å²) in [5.41, 5.74) is 0.451. The lowest BCUT2D eigenvalue weighted by Gasteiger charge is -2.34. The minimum atomic E-state index is -0.547. The lowest BCUT2D eigenvalue weighted by Crippen LogP contribution is -2.37. The summed E-state index contributed by atoms with van der Waals surface area (Å²) in [6, 6.07) is 7.84. The van der Waals surface area contributed by atoms with Gasteiger partial charge in [-0.3, -0.25) is 0 Å². The molecule has 1 aromatic carbocycles. The predicted molar refractivity (Wildman–Crippen MR) is 78.7 cm³/mol. The molecule has 0 fully saturated rings. The van der Waals surface area contributed by atoms with E-state index in [1.807, 2.05) is 24.3 Å². The van der Waals surface area contributed by atoms with Crippen molar-refractivity contribution in [3.05, 3.63) is 34.3 Å². The highest BCUT2D eigenvalue weighted by Crippen LogP contribution is 2.36. The van der Waals surface area contributed by atoms with Crippen LogP contribution in [0.4, 0.5) is 0 Å². The molecular weight excluding hydrogens is 292 g/mol. The van der Waals surface area contributed by atoms with E-state index in [0.29, 0.717) is 5.92 Å². The van der Waals surface area contributed by atoms with Gasteiger partial charge in [0.15, 0.2) is 0 Å². The molecule has 18 heavy (non-hydrogen) atoms. The summed E-state index contributed by atoms with van der Waals surface area (Å²) in [6.45, 7) is 4.29. The molecule has 0 saturated heterocycles. The number of hydrogen-bond acceptors (Lipinski definition) is 2. The summed E-state index contributed by atoms with van der Waals surface area (Å²) < 4.78 is 0.955. The first kappa shape index (κ1) is 15.7. The maximum absolute atomic E-state index is 9.79. The van der Waals surface area contributed by atoms with Crippen molar-refractivity contribution in [3.63, 3.8) is 0 Å². The lowest BCUT2D eigenvalue weighted by atomic mass is 9.74. The first-order valence-electron chi connectivity index (χ1n) is 6.56. The molecule has 0 heterocycles. The molecule has 102 valence electrons. The number of rotatable bonds is 7. The maximum atomic E-state index is 9.79. The number of aliphatic hydroxyl groups is 2. The van der Waals surface area contributed by atoms with Gasteiger partial charge in [-0.15, -0.1) is 0 Å². The van der Waals surface area contributed by atoms with Crippen molar-refractivity contribution in [2.24, 2.45) is 5.92 Å². The van der Waals surface area contributed by atoms with Crippen molar-refractivity contribution in [1.82, 2.24) is 0 Å². The zero-order valence-electron chi connectivity index (χ0n) is 11.2. The first-order chi connectivity index (χ1) is 8.59. The van der Waals surface area contributed by atoms with E-state index < -0.39 is 5.41 Å². The van der Waals surface area contributed by atoms with Crippen molar-refractivity contribution < 1.29 is 10.2 Å². The molecule has 1 rings (SSSR count). The lowest BCUT2D eigenvalue weighted by molar-refractivity contribution is 0.0951. The van der Waals surface area contributed by atoms with Crippen LogP contribution in [-0.4, -0.2) is 23.4 Å². The van der Waals surface area contributed by atoms with Gasteiger partial charge in [0.2, 0.25) is 0 Å². The second kappa shape index (κ2) is 7.27. The van der Waals surface area contributed by atoms with Crippen LogP contribution in [0, 0.1) is 5.92 Å². The van der Waals surface area contributed by atoms with E-state index in [0.717, 1.165) is 29.3 Å². The van der Waals surface area contributed by atoms with E-state index in [1.54, 1.807) is 0 Å². The van der Waals surface area contributed by atoms with Gasteiger partial charge in [0.05, 0.1) is 13.2 Å². The van der Waals surface area contributed by atoms with Gasteiger partial charge in [0.25, 0.3) is 0 Å². The molecule has 1 atom stereocenters. The highest BCUT2D eigenvalue weighted by atomic mass is 79.9. The van der Waals surface area contributed by atoms with Crippen LogP contribution >= 0.6 is 15.9 Å². The normalized spacial score (nSPS) is 13.6. The van der Waals surface area contributed by atoms with E-state index >= 15 is 0 Å². The summed E-state index contributed by atoms with van der Waals surface area (Å²) in [6.07, 6.45) is 3.05. The highest BCUT2D eigenvalue weighted by molar-refractivity contribution is 9.10. The number of aliphatic hydroxyl groups excluding tert-OH is 2. The van der Waals surface area contributed by atoms with Crippen LogP contribution in [0.5, 0.6) is 0 Å². The van der Waals surface area contributed by atoms with E-state index in [1.165, 1.54) is 0 Å². The molecule has 0 saturated carbocycles. The van der Waals surface area contributed by atoms with Gasteiger partial charge in [-0.2, -0.15) is 0 Å². The summed E-state index contributed by atoms with van der Waals surface area (Å²) in [5, 5.41) is 19.6. The highest BCUT2D eigenvalue weighted by Gasteiger charge is 2.34. The van der Waals surface area contributed by atoms with E-state index in [-0.39, 0.29) is 13.2 Å². The molecule has 2 N–H and O–H groups in total. The van der Waals surface area contributed by atoms with Crippen LogP contribution in [0.25, 0.3) is 0 Å². The third-order valence-electron chi connectivity index (χ3n) is 3.57. The molecule has 0 spiro atoms. The Hall–Kier alpha value is -0.380. The van der Waals surface area contributed by atoms with Gasteiger partial charge in [-0.25, -0.2) is 0 Å². The Morgan fingerprint density at radius 1 is 1.22 bits per heavy atom. The average Bonchev–Trinajstić information content (AvgIpc) is 2.37. The topological polar surface area (TPSA) is 40.5 Å². The summed E-state index contributed by atoms with van der Waals surface area (Å²) in [4.78, 5) is 0. The molecule has 0 amide bonds. The molecule has 0 aliphatic carbocycles. The van der Waals surface area contributed by atoms with Gasteiger partial charge in [-0.05, 0) is 24.0 Å². The van der Waals surface area contributed by atoms with Crippen molar-refractivity contribution in [3.8, 4) is 0 Å². The Labute approximate surface area is 118 Å². The number of halogens is 1. The Morgan fingerprint density at radius 2 is 1.83 bits per heavy atom. The maximum Gasteiger partial charge on any atom is 0.0550 e. The first-order valence-corrected chi connectivity index (χ1v) is 7.35. The van der Waals surface area contributed by atoms with Gasteiger partial charge in [-0.1, -0.05) is 60.8 Å². The summed E-state index contributed by atoms with van der Waals surface area (Å²) >= 11 is 3.52. The molecule has 3 heteroatoms. The van der Waals surface area contributed by atoms with E-state index in [9.17, 15) is 10.2 Å². The van der Waals surface area contributed by atoms with Crippen LogP contribution < -0.4 is 0 Å². The van der Waals surface area contributed by atoms with Gasteiger partial charge in [0, 0.05) is 9.89 Å². The Bertz CT molecular complexity index is 361. The largest absolute Gasteiger partial charge is 0.395 e. The van der Waals surface area contributed by atoms with Gasteiger partial charge in [0.1, 0.15) is 0 Å². The quantitative estimate of drug-likeness (QED) is 0.808. The monoisotopic (exact) mass is 314 g/mol. The fourth-order valence-corrected chi connectivity index (χ4v) is 3.32. The SMILES string of the molecule is CCCC(C)CC(CO)(CO)c1ccccc1Br. The third kappa shape index (κ3) is 3.56. The molecule has 1 unspecified atom stereocenters. The van der Waals surface area contributed by atoms with Gasteiger partial charge < -0.3 is 10.2 Å². The molecule has 0 aromatic heterocycles. The summed E-state index contributed by atoms with van der Waals surface area (Å²) in [7, 11) is 0. The zero-order chi connectivity index (χ0) is 13.6. The number of hydrogen-bond donors (Lipinski definition) is 2. The van der Waals surface area contributed by atoms with E-state index in [4.69, 9.17) is 0 Å². The molecule has 2 nitrogen and oxygen atoms in total. The fraction of sp³-hybridized carbons (Fsp3) is 0.600. The molecule has 0 aliphatic rings. The van der Waals surface area contributed by atoms with Crippen LogP contribution in [0.1, 0.15) is 38.7 Å². The molecule has 0 radical (unpaired) electrons. The second-order valence-corrected chi connectivity index (χ2v) is 6.03. The van der Waals surface area contributed by atoms with Crippen LogP contribution in [0.3, 0.4) is 0 Å². The Balaban J connectivity index is 3.03. The van der Waals surface area contributed by atoms with Crippen molar-refractivity contribution in [1.29, 1.82) is 0 Å². The Morgan fingerprint density at radius 3 is 2.33 bits per heavy atom.